The first-order valence-corrected chi connectivity index (χ1v) is 11.2. The fourth-order valence-electron chi connectivity index (χ4n) is 4.54. The number of hydrogen-bond donors (Lipinski definition) is 1. The molecule has 2 heterocycles. The van der Waals surface area contributed by atoms with Crippen LogP contribution in [0.4, 0.5) is 28.7 Å². The van der Waals surface area contributed by atoms with E-state index in [1.165, 1.54) is 16.5 Å². The third kappa shape index (κ3) is 3.68. The SMILES string of the molecule is CCN(c1ncnc(N2CCN(c3ccccc3)CC2)c1N)c1cccc2ccccc12. The molecule has 1 saturated heterocycles. The Morgan fingerprint density at radius 1 is 0.812 bits per heavy atom. The van der Waals surface area contributed by atoms with Crippen LogP contribution in [0.25, 0.3) is 10.8 Å². The lowest BCUT2D eigenvalue weighted by Crippen LogP contribution is -2.47. The monoisotopic (exact) mass is 424 g/mol. The smallest absolute Gasteiger partial charge is 0.161 e. The molecule has 2 N–H and O–H groups in total. The van der Waals surface area contributed by atoms with Crippen molar-refractivity contribution in [3.8, 4) is 0 Å². The molecular formula is C26H28N6. The van der Waals surface area contributed by atoms with Crippen molar-refractivity contribution in [2.75, 3.05) is 53.2 Å². The van der Waals surface area contributed by atoms with Gasteiger partial charge in [0.05, 0.1) is 5.69 Å². The lowest BCUT2D eigenvalue weighted by Gasteiger charge is -2.37. The van der Waals surface area contributed by atoms with Crippen LogP contribution in [-0.4, -0.2) is 42.7 Å². The zero-order valence-electron chi connectivity index (χ0n) is 18.4. The quantitative estimate of drug-likeness (QED) is 0.501. The minimum Gasteiger partial charge on any atom is -0.393 e. The summed E-state index contributed by atoms with van der Waals surface area (Å²) in [6, 6.07) is 25.3. The van der Waals surface area contributed by atoms with Crippen LogP contribution in [-0.2, 0) is 0 Å². The molecule has 1 aliphatic heterocycles. The largest absolute Gasteiger partial charge is 0.393 e. The van der Waals surface area contributed by atoms with E-state index < -0.39 is 0 Å². The molecule has 1 aromatic heterocycles. The molecule has 1 aliphatic rings. The third-order valence-electron chi connectivity index (χ3n) is 6.17. The van der Waals surface area contributed by atoms with Gasteiger partial charge in [0.25, 0.3) is 0 Å². The first-order chi connectivity index (χ1) is 15.8. The summed E-state index contributed by atoms with van der Waals surface area (Å²) in [7, 11) is 0. The van der Waals surface area contributed by atoms with Gasteiger partial charge in [-0.15, -0.1) is 0 Å². The summed E-state index contributed by atoms with van der Waals surface area (Å²) in [5.41, 5.74) is 9.70. The number of piperazine rings is 1. The summed E-state index contributed by atoms with van der Waals surface area (Å²) < 4.78 is 0. The van der Waals surface area contributed by atoms with Crippen molar-refractivity contribution in [3.05, 3.63) is 79.1 Å². The molecule has 32 heavy (non-hydrogen) atoms. The van der Waals surface area contributed by atoms with Gasteiger partial charge in [-0.2, -0.15) is 0 Å². The Hall–Kier alpha value is -3.80. The van der Waals surface area contributed by atoms with Crippen LogP contribution in [0.15, 0.2) is 79.1 Å². The average Bonchev–Trinajstić information content (AvgIpc) is 2.86. The Labute approximate surface area is 188 Å². The Morgan fingerprint density at radius 2 is 1.50 bits per heavy atom. The second kappa shape index (κ2) is 8.75. The molecule has 1 fully saturated rings. The molecule has 0 aliphatic carbocycles. The number of benzene rings is 3. The van der Waals surface area contributed by atoms with E-state index in [4.69, 9.17) is 5.73 Å². The van der Waals surface area contributed by atoms with Crippen LogP contribution in [0.3, 0.4) is 0 Å². The molecule has 6 heteroatoms. The molecule has 0 atom stereocenters. The van der Waals surface area contributed by atoms with Crippen LogP contribution in [0.1, 0.15) is 6.92 Å². The molecule has 5 rings (SSSR count). The van der Waals surface area contributed by atoms with Gasteiger partial charge >= 0.3 is 0 Å². The second-order valence-corrected chi connectivity index (χ2v) is 7.99. The summed E-state index contributed by atoms with van der Waals surface area (Å²) in [4.78, 5) is 16.0. The fraction of sp³-hybridized carbons (Fsp3) is 0.231. The number of hydrogen-bond acceptors (Lipinski definition) is 6. The van der Waals surface area contributed by atoms with Gasteiger partial charge in [-0.3, -0.25) is 0 Å². The van der Waals surface area contributed by atoms with Gasteiger partial charge in [-0.05, 0) is 30.5 Å². The van der Waals surface area contributed by atoms with Gasteiger partial charge in [0.2, 0.25) is 0 Å². The maximum absolute atomic E-state index is 6.70. The highest BCUT2D eigenvalue weighted by atomic mass is 15.3. The van der Waals surface area contributed by atoms with Gasteiger partial charge in [0.1, 0.15) is 12.0 Å². The van der Waals surface area contributed by atoms with E-state index in [0.717, 1.165) is 50.0 Å². The van der Waals surface area contributed by atoms with Crippen molar-refractivity contribution in [1.29, 1.82) is 0 Å². The Morgan fingerprint density at radius 3 is 2.28 bits per heavy atom. The normalized spacial score (nSPS) is 14.0. The van der Waals surface area contributed by atoms with E-state index >= 15 is 0 Å². The zero-order valence-corrected chi connectivity index (χ0v) is 18.4. The van der Waals surface area contributed by atoms with Crippen molar-refractivity contribution < 1.29 is 0 Å². The summed E-state index contributed by atoms with van der Waals surface area (Å²) >= 11 is 0. The maximum Gasteiger partial charge on any atom is 0.161 e. The van der Waals surface area contributed by atoms with E-state index in [-0.39, 0.29) is 0 Å². The number of aromatic nitrogens is 2. The topological polar surface area (TPSA) is 61.5 Å². The highest BCUT2D eigenvalue weighted by Gasteiger charge is 2.23. The summed E-state index contributed by atoms with van der Waals surface area (Å²) in [6.45, 7) is 6.50. The number of nitrogens with two attached hydrogens (primary N) is 1. The zero-order chi connectivity index (χ0) is 21.9. The number of fused-ring (bicyclic) bond motifs is 1. The summed E-state index contributed by atoms with van der Waals surface area (Å²) in [5, 5.41) is 2.39. The minimum absolute atomic E-state index is 0.635. The predicted molar refractivity (Wildman–Crippen MR) is 134 cm³/mol. The van der Waals surface area contributed by atoms with Gasteiger partial charge in [0, 0.05) is 43.8 Å². The summed E-state index contributed by atoms with van der Waals surface area (Å²) in [5.74, 6) is 1.58. The van der Waals surface area contributed by atoms with Crippen LogP contribution >= 0.6 is 0 Å². The minimum atomic E-state index is 0.635. The van der Waals surface area contributed by atoms with Gasteiger partial charge in [-0.25, -0.2) is 9.97 Å². The number of rotatable bonds is 5. The maximum atomic E-state index is 6.70. The van der Waals surface area contributed by atoms with E-state index in [9.17, 15) is 0 Å². The number of nitrogen functional groups attached to an aromatic ring is 1. The van der Waals surface area contributed by atoms with Gasteiger partial charge in [0.15, 0.2) is 11.6 Å². The number of anilines is 5. The lowest BCUT2D eigenvalue weighted by atomic mass is 10.1. The molecule has 0 radical (unpaired) electrons. The van der Waals surface area contributed by atoms with Gasteiger partial charge < -0.3 is 20.4 Å². The standard InChI is InChI=1S/C26H28N6/c1-2-32(23-14-8-10-20-9-6-7-13-22(20)23)26-24(27)25(28-19-29-26)31-17-15-30(16-18-31)21-11-4-3-5-12-21/h3-14,19H,2,15-18,27H2,1H3. The molecular weight excluding hydrogens is 396 g/mol. The van der Waals surface area contributed by atoms with Gasteiger partial charge in [-0.1, -0.05) is 54.6 Å². The van der Waals surface area contributed by atoms with E-state index in [1.807, 2.05) is 0 Å². The molecule has 0 saturated carbocycles. The molecule has 162 valence electrons. The molecule has 6 nitrogen and oxygen atoms in total. The molecule has 0 amide bonds. The molecule has 0 bridgehead atoms. The van der Waals surface area contributed by atoms with E-state index in [1.54, 1.807) is 6.33 Å². The van der Waals surface area contributed by atoms with Crippen molar-refractivity contribution in [3.63, 3.8) is 0 Å². The average molecular weight is 425 g/mol. The molecule has 0 unspecified atom stereocenters. The Balaban J connectivity index is 1.43. The first-order valence-electron chi connectivity index (χ1n) is 11.2. The van der Waals surface area contributed by atoms with Crippen molar-refractivity contribution in [2.45, 2.75) is 6.92 Å². The lowest BCUT2D eigenvalue weighted by molar-refractivity contribution is 0.647. The molecule has 4 aromatic rings. The Bertz CT molecular complexity index is 1200. The van der Waals surface area contributed by atoms with Crippen LogP contribution in [0, 0.1) is 0 Å². The van der Waals surface area contributed by atoms with E-state index in [0.29, 0.717) is 5.69 Å². The van der Waals surface area contributed by atoms with Crippen LogP contribution < -0.4 is 20.4 Å². The Kier molecular flexibility index (Phi) is 5.50. The first kappa shape index (κ1) is 20.1. The highest BCUT2D eigenvalue weighted by Crippen LogP contribution is 2.37. The molecule has 3 aromatic carbocycles. The van der Waals surface area contributed by atoms with E-state index in [2.05, 4.69) is 104 Å². The molecule has 0 spiro atoms. The fourth-order valence-corrected chi connectivity index (χ4v) is 4.54. The van der Waals surface area contributed by atoms with Crippen LogP contribution in [0.2, 0.25) is 0 Å². The third-order valence-corrected chi connectivity index (χ3v) is 6.17. The predicted octanol–water partition coefficient (Wildman–Crippen LogP) is 4.70. The van der Waals surface area contributed by atoms with Crippen molar-refractivity contribution in [2.24, 2.45) is 0 Å². The highest BCUT2D eigenvalue weighted by molar-refractivity contribution is 5.97. The van der Waals surface area contributed by atoms with Crippen molar-refractivity contribution in [1.82, 2.24) is 9.97 Å². The van der Waals surface area contributed by atoms with Crippen LogP contribution in [0.5, 0.6) is 0 Å². The van der Waals surface area contributed by atoms with Crippen molar-refractivity contribution >= 4 is 39.5 Å². The summed E-state index contributed by atoms with van der Waals surface area (Å²) in [6.07, 6.45) is 1.64. The number of para-hydroxylation sites is 1. The number of nitrogens with zero attached hydrogens (tertiary/aromatic N) is 5. The second-order valence-electron chi connectivity index (χ2n) is 7.99.